The second kappa shape index (κ2) is 8.51. The molecule has 168 valence electrons. The summed E-state index contributed by atoms with van der Waals surface area (Å²) in [5, 5.41) is 11.4. The molecular weight excluding hydrogens is 422 g/mol. The van der Waals surface area contributed by atoms with Crippen LogP contribution >= 0.6 is 0 Å². The molecule has 4 N–H and O–H groups in total. The van der Waals surface area contributed by atoms with E-state index in [1.807, 2.05) is 6.07 Å². The Morgan fingerprint density at radius 2 is 1.76 bits per heavy atom. The Bertz CT molecular complexity index is 1440. The summed E-state index contributed by atoms with van der Waals surface area (Å²) in [6, 6.07) is 28.1. The van der Waals surface area contributed by atoms with Gasteiger partial charge in [0.25, 0.3) is 0 Å². The number of rotatable bonds is 5. The Kier molecular flexibility index (Phi) is 5.07. The van der Waals surface area contributed by atoms with Crippen molar-refractivity contribution in [3.63, 3.8) is 0 Å². The molecule has 7 nitrogen and oxygen atoms in total. The number of fused-ring (bicyclic) bond motifs is 2. The lowest BCUT2D eigenvalue weighted by atomic mass is 9.96. The number of hydrogen-bond donors (Lipinski definition) is 3. The van der Waals surface area contributed by atoms with Crippen molar-refractivity contribution in [1.29, 1.82) is 0 Å². The molecule has 0 saturated heterocycles. The number of nitrogen functional groups attached to an aromatic ring is 1. The van der Waals surface area contributed by atoms with E-state index in [2.05, 4.69) is 103 Å². The number of H-pyrrole nitrogens is 1. The highest BCUT2D eigenvalue weighted by Crippen LogP contribution is 2.31. The summed E-state index contributed by atoms with van der Waals surface area (Å²) in [4.78, 5) is 11.1. The van der Waals surface area contributed by atoms with Crippen LogP contribution in [0.3, 0.4) is 0 Å². The number of aromatic amines is 1. The Morgan fingerprint density at radius 3 is 2.68 bits per heavy atom. The Hall–Kier alpha value is -4.39. The van der Waals surface area contributed by atoms with Crippen molar-refractivity contribution in [2.45, 2.75) is 19.0 Å². The molecule has 0 fully saturated rings. The molecule has 3 heterocycles. The van der Waals surface area contributed by atoms with Gasteiger partial charge in [-0.1, -0.05) is 66.7 Å². The van der Waals surface area contributed by atoms with Gasteiger partial charge in [0.1, 0.15) is 5.82 Å². The number of nitrogens with one attached hydrogen (secondary N) is 2. The normalized spacial score (nSPS) is 15.3. The van der Waals surface area contributed by atoms with Crippen LogP contribution in [-0.2, 0) is 13.0 Å². The zero-order valence-corrected chi connectivity index (χ0v) is 18.6. The van der Waals surface area contributed by atoms with Crippen LogP contribution in [-0.4, -0.2) is 32.8 Å². The third kappa shape index (κ3) is 3.92. The third-order valence-corrected chi connectivity index (χ3v) is 6.31. The number of para-hydroxylation sites is 1. The van der Waals surface area contributed by atoms with E-state index >= 15 is 0 Å². The summed E-state index contributed by atoms with van der Waals surface area (Å²) in [6.45, 7) is 1.67. The zero-order valence-electron chi connectivity index (χ0n) is 18.6. The average Bonchev–Trinajstić information content (AvgIpc) is 3.34. The van der Waals surface area contributed by atoms with E-state index in [4.69, 9.17) is 5.73 Å². The van der Waals surface area contributed by atoms with E-state index in [-0.39, 0.29) is 12.0 Å². The number of aromatic nitrogens is 4. The molecule has 0 aliphatic carbocycles. The SMILES string of the molecule is Nc1nc(NC2Cc3ccccc3N(Cc3cccc(-c4ccccc4)c3)C2)c2cn[nH]c2n1. The maximum absolute atomic E-state index is 5.94. The summed E-state index contributed by atoms with van der Waals surface area (Å²) < 4.78 is 0. The van der Waals surface area contributed by atoms with Crippen molar-refractivity contribution in [2.75, 3.05) is 22.5 Å². The van der Waals surface area contributed by atoms with Gasteiger partial charge < -0.3 is 16.0 Å². The molecular formula is C27H25N7. The number of hydrogen-bond acceptors (Lipinski definition) is 6. The topological polar surface area (TPSA) is 95.7 Å². The minimum absolute atomic E-state index is 0.166. The van der Waals surface area contributed by atoms with E-state index in [0.717, 1.165) is 24.9 Å². The fourth-order valence-corrected chi connectivity index (χ4v) is 4.79. The van der Waals surface area contributed by atoms with Gasteiger partial charge in [0, 0.05) is 24.8 Å². The maximum Gasteiger partial charge on any atom is 0.224 e. The van der Waals surface area contributed by atoms with Crippen LogP contribution < -0.4 is 16.0 Å². The Balaban J connectivity index is 1.29. The highest BCUT2D eigenvalue weighted by Gasteiger charge is 2.25. The van der Waals surface area contributed by atoms with Crippen molar-refractivity contribution >= 4 is 28.5 Å². The minimum Gasteiger partial charge on any atom is -0.368 e. The molecule has 2 aromatic heterocycles. The van der Waals surface area contributed by atoms with Gasteiger partial charge in [-0.25, -0.2) is 0 Å². The molecule has 5 aromatic rings. The molecule has 0 spiro atoms. The van der Waals surface area contributed by atoms with Crippen LogP contribution in [0.1, 0.15) is 11.1 Å². The number of nitrogens with two attached hydrogens (primary N) is 1. The predicted molar refractivity (Wildman–Crippen MR) is 137 cm³/mol. The van der Waals surface area contributed by atoms with E-state index in [1.165, 1.54) is 27.9 Å². The first-order chi connectivity index (χ1) is 16.7. The van der Waals surface area contributed by atoms with Crippen molar-refractivity contribution in [1.82, 2.24) is 20.2 Å². The van der Waals surface area contributed by atoms with Crippen LogP contribution in [0.15, 0.2) is 85.1 Å². The van der Waals surface area contributed by atoms with Gasteiger partial charge in [-0.2, -0.15) is 15.1 Å². The van der Waals surface area contributed by atoms with Crippen LogP contribution in [0.2, 0.25) is 0 Å². The van der Waals surface area contributed by atoms with Gasteiger partial charge in [-0.15, -0.1) is 0 Å². The number of benzene rings is 3. The summed E-state index contributed by atoms with van der Waals surface area (Å²) in [6.07, 6.45) is 2.64. The molecule has 1 atom stereocenters. The van der Waals surface area contributed by atoms with Gasteiger partial charge in [0.2, 0.25) is 5.95 Å². The minimum atomic E-state index is 0.166. The lowest BCUT2D eigenvalue weighted by Crippen LogP contribution is -2.42. The third-order valence-electron chi connectivity index (χ3n) is 6.31. The lowest BCUT2D eigenvalue weighted by Gasteiger charge is -2.37. The zero-order chi connectivity index (χ0) is 22.9. The molecule has 1 aliphatic heterocycles. The van der Waals surface area contributed by atoms with E-state index in [0.29, 0.717) is 11.5 Å². The van der Waals surface area contributed by atoms with Gasteiger partial charge >= 0.3 is 0 Å². The first-order valence-electron chi connectivity index (χ1n) is 11.4. The van der Waals surface area contributed by atoms with Crippen LogP contribution in [0.4, 0.5) is 17.5 Å². The summed E-state index contributed by atoms with van der Waals surface area (Å²) >= 11 is 0. The largest absolute Gasteiger partial charge is 0.368 e. The molecule has 3 aromatic carbocycles. The van der Waals surface area contributed by atoms with Crippen molar-refractivity contribution in [3.05, 3.63) is 96.2 Å². The molecule has 0 bridgehead atoms. The van der Waals surface area contributed by atoms with Crippen LogP contribution in [0.25, 0.3) is 22.2 Å². The van der Waals surface area contributed by atoms with Gasteiger partial charge in [0.15, 0.2) is 5.65 Å². The Labute approximate surface area is 197 Å². The van der Waals surface area contributed by atoms with Crippen LogP contribution in [0.5, 0.6) is 0 Å². The monoisotopic (exact) mass is 447 g/mol. The number of nitrogens with zero attached hydrogens (tertiary/aromatic N) is 4. The molecule has 1 aliphatic rings. The van der Waals surface area contributed by atoms with E-state index in [1.54, 1.807) is 6.20 Å². The highest BCUT2D eigenvalue weighted by atomic mass is 15.2. The second-order valence-corrected chi connectivity index (χ2v) is 8.68. The summed E-state index contributed by atoms with van der Waals surface area (Å²) in [5.74, 6) is 0.941. The molecule has 0 radical (unpaired) electrons. The van der Waals surface area contributed by atoms with E-state index < -0.39 is 0 Å². The average molecular weight is 448 g/mol. The first-order valence-corrected chi connectivity index (χ1v) is 11.4. The standard InChI is InChI=1S/C27H25N7/c28-27-31-25(23-15-29-33-26(23)32-27)30-22-14-21-10-4-5-12-24(21)34(17-22)16-18-7-6-11-20(13-18)19-8-2-1-3-9-19/h1-13,15,22H,14,16-17H2,(H4,28,29,30,31,32,33). The van der Waals surface area contributed by atoms with Gasteiger partial charge in [0.05, 0.1) is 11.6 Å². The van der Waals surface area contributed by atoms with Crippen molar-refractivity contribution in [2.24, 2.45) is 0 Å². The fourth-order valence-electron chi connectivity index (χ4n) is 4.79. The first kappa shape index (κ1) is 20.2. The molecule has 1 unspecified atom stereocenters. The molecule has 6 rings (SSSR count). The molecule has 7 heteroatoms. The smallest absolute Gasteiger partial charge is 0.224 e. The van der Waals surface area contributed by atoms with Crippen molar-refractivity contribution < 1.29 is 0 Å². The highest BCUT2D eigenvalue weighted by molar-refractivity contribution is 5.87. The Morgan fingerprint density at radius 1 is 0.941 bits per heavy atom. The lowest BCUT2D eigenvalue weighted by molar-refractivity contribution is 0.628. The fraction of sp³-hybridized carbons (Fsp3) is 0.148. The number of anilines is 3. The van der Waals surface area contributed by atoms with Gasteiger partial charge in [-0.05, 0) is 40.8 Å². The summed E-state index contributed by atoms with van der Waals surface area (Å²) in [5.41, 5.74) is 12.9. The molecule has 34 heavy (non-hydrogen) atoms. The van der Waals surface area contributed by atoms with E-state index in [9.17, 15) is 0 Å². The molecule has 0 saturated carbocycles. The van der Waals surface area contributed by atoms with Crippen molar-refractivity contribution in [3.8, 4) is 11.1 Å². The molecule has 0 amide bonds. The quantitative estimate of drug-likeness (QED) is 0.363. The van der Waals surface area contributed by atoms with Gasteiger partial charge in [-0.3, -0.25) is 5.10 Å². The predicted octanol–water partition coefficient (Wildman–Crippen LogP) is 4.65. The second-order valence-electron chi connectivity index (χ2n) is 8.68. The maximum atomic E-state index is 5.94. The van der Waals surface area contributed by atoms with Crippen LogP contribution in [0, 0.1) is 0 Å². The summed E-state index contributed by atoms with van der Waals surface area (Å²) in [7, 11) is 0.